The van der Waals surface area contributed by atoms with Crippen LogP contribution in [0, 0.1) is 5.92 Å². The molecule has 1 atom stereocenters. The van der Waals surface area contributed by atoms with Crippen molar-refractivity contribution in [2.75, 3.05) is 18.6 Å². The molecule has 1 unspecified atom stereocenters. The van der Waals surface area contributed by atoms with Gasteiger partial charge in [-0.1, -0.05) is 5.16 Å². The fourth-order valence-electron chi connectivity index (χ4n) is 1.40. The Labute approximate surface area is 75.4 Å². The van der Waals surface area contributed by atoms with Gasteiger partial charge in [-0.2, -0.15) is 4.98 Å². The minimum Gasteiger partial charge on any atom is -0.381 e. The summed E-state index contributed by atoms with van der Waals surface area (Å²) in [6.45, 7) is 1.63. The fourth-order valence-corrected chi connectivity index (χ4v) is 1.40. The van der Waals surface area contributed by atoms with Crippen LogP contribution in [0.5, 0.6) is 0 Å². The quantitative estimate of drug-likeness (QED) is 0.505. The summed E-state index contributed by atoms with van der Waals surface area (Å²) >= 11 is 0. The highest BCUT2D eigenvalue weighted by molar-refractivity contribution is 5.14. The van der Waals surface area contributed by atoms with Crippen molar-refractivity contribution >= 4 is 6.01 Å². The lowest BCUT2D eigenvalue weighted by atomic mass is 10.1. The lowest BCUT2D eigenvalue weighted by Gasteiger charge is -2.00. The highest BCUT2D eigenvalue weighted by Gasteiger charge is 2.18. The summed E-state index contributed by atoms with van der Waals surface area (Å²) in [5.74, 6) is 6.30. The van der Waals surface area contributed by atoms with Gasteiger partial charge < -0.3 is 9.26 Å². The SMILES string of the molecule is NNc1nc(CC2CCOC2)no1. The number of hydrogen-bond donors (Lipinski definition) is 2. The summed E-state index contributed by atoms with van der Waals surface area (Å²) in [7, 11) is 0. The molecule has 1 fully saturated rings. The van der Waals surface area contributed by atoms with Crippen LogP contribution in [0.4, 0.5) is 6.01 Å². The maximum Gasteiger partial charge on any atom is 0.335 e. The van der Waals surface area contributed by atoms with Crippen molar-refractivity contribution in [2.45, 2.75) is 12.8 Å². The standard InChI is InChI=1S/C7H12N4O2/c8-10-7-9-6(11-13-7)3-5-1-2-12-4-5/h5H,1-4,8H2,(H,9,10,11). The predicted octanol–water partition coefficient (Wildman–Crippen LogP) is -0.0658. The summed E-state index contributed by atoms with van der Waals surface area (Å²) in [5.41, 5.74) is 2.30. The lowest BCUT2D eigenvalue weighted by Crippen LogP contribution is -2.08. The zero-order chi connectivity index (χ0) is 9.10. The van der Waals surface area contributed by atoms with E-state index in [0.29, 0.717) is 11.7 Å². The second kappa shape index (κ2) is 3.71. The van der Waals surface area contributed by atoms with E-state index in [4.69, 9.17) is 15.1 Å². The lowest BCUT2D eigenvalue weighted by molar-refractivity contribution is 0.185. The van der Waals surface area contributed by atoms with Crippen LogP contribution >= 0.6 is 0 Å². The molecular formula is C7H12N4O2. The van der Waals surface area contributed by atoms with Gasteiger partial charge in [-0.05, 0) is 12.3 Å². The maximum atomic E-state index is 5.24. The first-order valence-corrected chi connectivity index (χ1v) is 4.25. The van der Waals surface area contributed by atoms with Crippen molar-refractivity contribution in [3.8, 4) is 0 Å². The van der Waals surface area contributed by atoms with E-state index in [1.807, 2.05) is 0 Å². The molecule has 1 saturated heterocycles. The number of nitrogen functional groups attached to an aromatic ring is 1. The second-order valence-corrected chi connectivity index (χ2v) is 3.09. The summed E-state index contributed by atoms with van der Waals surface area (Å²) < 4.78 is 10.0. The largest absolute Gasteiger partial charge is 0.381 e. The van der Waals surface area contributed by atoms with Gasteiger partial charge in [0, 0.05) is 19.6 Å². The molecule has 0 spiro atoms. The molecule has 0 bridgehead atoms. The van der Waals surface area contributed by atoms with Crippen molar-refractivity contribution in [3.05, 3.63) is 5.82 Å². The first kappa shape index (κ1) is 8.46. The molecule has 0 saturated carbocycles. The topological polar surface area (TPSA) is 86.2 Å². The van der Waals surface area contributed by atoms with Crippen molar-refractivity contribution in [1.29, 1.82) is 0 Å². The van der Waals surface area contributed by atoms with Gasteiger partial charge >= 0.3 is 6.01 Å². The Morgan fingerprint density at radius 3 is 3.15 bits per heavy atom. The zero-order valence-electron chi connectivity index (χ0n) is 7.19. The van der Waals surface area contributed by atoms with Crippen LogP contribution in [0.2, 0.25) is 0 Å². The van der Waals surface area contributed by atoms with Gasteiger partial charge in [0.25, 0.3) is 0 Å². The fraction of sp³-hybridized carbons (Fsp3) is 0.714. The first-order chi connectivity index (χ1) is 6.38. The molecule has 1 aliphatic rings. The molecule has 2 rings (SSSR count). The van der Waals surface area contributed by atoms with Crippen molar-refractivity contribution in [2.24, 2.45) is 11.8 Å². The maximum absolute atomic E-state index is 5.24. The van der Waals surface area contributed by atoms with Crippen LogP contribution in [0.15, 0.2) is 4.52 Å². The summed E-state index contributed by atoms with van der Waals surface area (Å²) in [4.78, 5) is 4.02. The number of aromatic nitrogens is 2. The third-order valence-electron chi connectivity index (χ3n) is 2.09. The van der Waals surface area contributed by atoms with Gasteiger partial charge in [-0.3, -0.25) is 5.43 Å². The van der Waals surface area contributed by atoms with Crippen molar-refractivity contribution in [1.82, 2.24) is 10.1 Å². The average molecular weight is 184 g/mol. The monoisotopic (exact) mass is 184 g/mol. The molecule has 3 N–H and O–H groups in total. The number of anilines is 1. The van der Waals surface area contributed by atoms with E-state index >= 15 is 0 Å². The molecule has 0 aliphatic carbocycles. The van der Waals surface area contributed by atoms with Crippen LogP contribution in [-0.4, -0.2) is 23.4 Å². The van der Waals surface area contributed by atoms with Crippen LogP contribution in [0.25, 0.3) is 0 Å². The van der Waals surface area contributed by atoms with E-state index in [2.05, 4.69) is 15.6 Å². The summed E-state index contributed by atoms with van der Waals surface area (Å²) in [5, 5.41) is 3.77. The molecule has 0 amide bonds. The molecule has 13 heavy (non-hydrogen) atoms. The van der Waals surface area contributed by atoms with Crippen molar-refractivity contribution in [3.63, 3.8) is 0 Å². The molecule has 2 heterocycles. The van der Waals surface area contributed by atoms with E-state index in [9.17, 15) is 0 Å². The first-order valence-electron chi connectivity index (χ1n) is 4.25. The number of nitrogens with two attached hydrogens (primary N) is 1. The van der Waals surface area contributed by atoms with Gasteiger partial charge in [0.2, 0.25) is 0 Å². The third-order valence-corrected chi connectivity index (χ3v) is 2.09. The molecule has 6 nitrogen and oxygen atoms in total. The Bertz CT molecular complexity index is 269. The second-order valence-electron chi connectivity index (χ2n) is 3.09. The van der Waals surface area contributed by atoms with Crippen LogP contribution in [-0.2, 0) is 11.2 Å². The van der Waals surface area contributed by atoms with Crippen LogP contribution in [0.1, 0.15) is 12.2 Å². The molecule has 0 radical (unpaired) electrons. The van der Waals surface area contributed by atoms with E-state index in [0.717, 1.165) is 26.1 Å². The van der Waals surface area contributed by atoms with E-state index < -0.39 is 0 Å². The Morgan fingerprint density at radius 2 is 2.54 bits per heavy atom. The zero-order valence-corrected chi connectivity index (χ0v) is 7.19. The number of hydrazine groups is 1. The van der Waals surface area contributed by atoms with Crippen LogP contribution in [0.3, 0.4) is 0 Å². The van der Waals surface area contributed by atoms with E-state index in [1.165, 1.54) is 0 Å². The van der Waals surface area contributed by atoms with Crippen LogP contribution < -0.4 is 11.3 Å². The van der Waals surface area contributed by atoms with Gasteiger partial charge in [-0.25, -0.2) is 5.84 Å². The number of rotatable bonds is 3. The minimum absolute atomic E-state index is 0.258. The summed E-state index contributed by atoms with van der Waals surface area (Å²) in [6.07, 6.45) is 1.87. The predicted molar refractivity (Wildman–Crippen MR) is 44.7 cm³/mol. The number of ether oxygens (including phenoxy) is 1. The van der Waals surface area contributed by atoms with Gasteiger partial charge in [0.15, 0.2) is 5.82 Å². The molecule has 72 valence electrons. The number of nitrogens with one attached hydrogen (secondary N) is 1. The molecule has 1 aromatic heterocycles. The molecule has 1 aliphatic heterocycles. The molecule has 6 heteroatoms. The number of hydrogen-bond acceptors (Lipinski definition) is 6. The smallest absolute Gasteiger partial charge is 0.335 e. The van der Waals surface area contributed by atoms with Gasteiger partial charge in [-0.15, -0.1) is 0 Å². The average Bonchev–Trinajstić information content (AvgIpc) is 2.76. The highest BCUT2D eigenvalue weighted by Crippen LogP contribution is 2.16. The Morgan fingerprint density at radius 1 is 1.62 bits per heavy atom. The summed E-state index contributed by atoms with van der Waals surface area (Å²) in [6, 6.07) is 0.258. The number of nitrogens with zero attached hydrogens (tertiary/aromatic N) is 2. The van der Waals surface area contributed by atoms with Gasteiger partial charge in [0.05, 0.1) is 0 Å². The minimum atomic E-state index is 0.258. The molecule has 1 aromatic rings. The Kier molecular flexibility index (Phi) is 2.42. The Hall–Kier alpha value is -1.14. The normalized spacial score (nSPS) is 22.1. The van der Waals surface area contributed by atoms with Crippen molar-refractivity contribution < 1.29 is 9.26 Å². The van der Waals surface area contributed by atoms with E-state index in [-0.39, 0.29) is 6.01 Å². The Balaban J connectivity index is 1.92. The molecule has 0 aromatic carbocycles. The highest BCUT2D eigenvalue weighted by atomic mass is 16.5. The molecular weight excluding hydrogens is 172 g/mol. The third kappa shape index (κ3) is 1.96. The van der Waals surface area contributed by atoms with E-state index in [1.54, 1.807) is 0 Å². The van der Waals surface area contributed by atoms with Gasteiger partial charge in [0.1, 0.15) is 0 Å².